The van der Waals surface area contributed by atoms with E-state index in [0.29, 0.717) is 12.8 Å². The molecule has 30 heavy (non-hydrogen) atoms. The minimum absolute atomic E-state index is 0.117. The second-order valence-corrected chi connectivity index (χ2v) is 6.54. The Balaban J connectivity index is -0.000000443. The van der Waals surface area contributed by atoms with E-state index in [-0.39, 0.29) is 17.8 Å². The highest BCUT2D eigenvalue weighted by molar-refractivity contribution is 7.86. The van der Waals surface area contributed by atoms with Crippen molar-refractivity contribution in [1.82, 2.24) is 0 Å². The van der Waals surface area contributed by atoms with Crippen LogP contribution in [0.25, 0.3) is 0 Å². The van der Waals surface area contributed by atoms with Gasteiger partial charge in [-0.1, -0.05) is 71.9 Å². The fourth-order valence-corrected chi connectivity index (χ4v) is 2.52. The van der Waals surface area contributed by atoms with Gasteiger partial charge in [-0.3, -0.25) is 9.35 Å². The van der Waals surface area contributed by atoms with E-state index in [0.717, 1.165) is 5.56 Å². The lowest BCUT2D eigenvalue weighted by atomic mass is 9.88. The van der Waals surface area contributed by atoms with Gasteiger partial charge in [-0.15, -0.1) is 0 Å². The first-order chi connectivity index (χ1) is 14.0. The molecule has 178 valence electrons. The fourth-order valence-electron chi connectivity index (χ4n) is 2.52. The van der Waals surface area contributed by atoms with Crippen LogP contribution in [-0.2, 0) is 19.6 Å². The quantitative estimate of drug-likeness (QED) is 0.358. The van der Waals surface area contributed by atoms with Crippen molar-refractivity contribution in [3.05, 3.63) is 35.9 Å². The van der Waals surface area contributed by atoms with Crippen LogP contribution in [0.2, 0.25) is 0 Å². The minimum Gasteiger partial charge on any atom is -0.469 e. The Morgan fingerprint density at radius 3 is 1.73 bits per heavy atom. The van der Waals surface area contributed by atoms with Crippen LogP contribution in [0.5, 0.6) is 0 Å². The third-order valence-corrected chi connectivity index (χ3v) is 4.19. The van der Waals surface area contributed by atoms with Gasteiger partial charge in [-0.05, 0) is 18.4 Å². The molecule has 1 aromatic carbocycles. The highest BCUT2D eigenvalue weighted by Crippen LogP contribution is 2.40. The lowest BCUT2D eigenvalue weighted by Gasteiger charge is -2.20. The Morgan fingerprint density at radius 1 is 1.00 bits per heavy atom. The molecule has 2 rings (SSSR count). The van der Waals surface area contributed by atoms with Crippen molar-refractivity contribution in [1.29, 1.82) is 0 Å². The molecule has 0 aliphatic heterocycles. The molecule has 0 radical (unpaired) electrons. The summed E-state index contributed by atoms with van der Waals surface area (Å²) in [4.78, 5) is 11.6. The van der Waals surface area contributed by atoms with Gasteiger partial charge in [-0.2, -0.15) is 21.6 Å². The van der Waals surface area contributed by atoms with Crippen molar-refractivity contribution in [2.24, 2.45) is 5.92 Å². The number of aliphatic hydroxyl groups is 1. The van der Waals surface area contributed by atoms with Crippen LogP contribution in [0.1, 0.15) is 65.9 Å². The van der Waals surface area contributed by atoms with Crippen LogP contribution in [0.15, 0.2) is 30.3 Å². The molecule has 10 heteroatoms. The fraction of sp³-hybridized carbons (Fsp3) is 0.650. The number of rotatable bonds is 2. The Labute approximate surface area is 178 Å². The molecule has 0 amide bonds. The normalized spacial score (nSPS) is 19.8. The van der Waals surface area contributed by atoms with Crippen LogP contribution in [0.4, 0.5) is 13.2 Å². The first-order valence-electron chi connectivity index (χ1n) is 9.83. The van der Waals surface area contributed by atoms with Crippen molar-refractivity contribution in [3.8, 4) is 0 Å². The number of ether oxygens (including phenoxy) is 1. The Kier molecular flexibility index (Phi) is 18.8. The molecule has 0 bridgehead atoms. The molecule has 1 fully saturated rings. The van der Waals surface area contributed by atoms with E-state index in [4.69, 9.17) is 17.7 Å². The lowest BCUT2D eigenvalue weighted by molar-refractivity contribution is -0.146. The van der Waals surface area contributed by atoms with E-state index >= 15 is 0 Å². The molecule has 1 saturated carbocycles. The highest BCUT2D eigenvalue weighted by Gasteiger charge is 2.44. The predicted molar refractivity (Wildman–Crippen MR) is 112 cm³/mol. The first-order valence-corrected chi connectivity index (χ1v) is 11.3. The van der Waals surface area contributed by atoms with Gasteiger partial charge < -0.3 is 9.84 Å². The molecular weight excluding hydrogens is 425 g/mol. The predicted octanol–water partition coefficient (Wildman–Crippen LogP) is 5.19. The molecule has 0 saturated heterocycles. The summed E-state index contributed by atoms with van der Waals surface area (Å²) in [5.74, 6) is -0.540. The molecule has 2 N–H and O–H groups in total. The number of esters is 1. The molecular formula is C20H35F3O6S. The molecule has 3 unspecified atom stereocenters. The second-order valence-electron chi connectivity index (χ2n) is 5.13. The SMILES string of the molecule is CC.CC.CC.COC(=O)C1CCC(O)C1c1ccccc1.O=S(=O)(O)C(F)(F)F. The zero-order valence-electron chi connectivity index (χ0n) is 18.6. The summed E-state index contributed by atoms with van der Waals surface area (Å²) in [7, 11) is -4.44. The maximum Gasteiger partial charge on any atom is 0.522 e. The Bertz CT molecular complexity index is 648. The number of hydrogen-bond donors (Lipinski definition) is 2. The van der Waals surface area contributed by atoms with Crippen LogP contribution in [0, 0.1) is 5.92 Å². The summed E-state index contributed by atoms with van der Waals surface area (Å²) in [5, 5.41) is 9.95. The maximum atomic E-state index is 11.6. The number of hydrogen-bond acceptors (Lipinski definition) is 5. The molecule has 0 aromatic heterocycles. The van der Waals surface area contributed by atoms with E-state index in [1.165, 1.54) is 7.11 Å². The average Bonchev–Trinajstić information content (AvgIpc) is 3.13. The molecule has 6 nitrogen and oxygen atoms in total. The Hall–Kier alpha value is -1.65. The average molecular weight is 461 g/mol. The van der Waals surface area contributed by atoms with E-state index in [1.807, 2.05) is 71.9 Å². The largest absolute Gasteiger partial charge is 0.522 e. The standard InChI is InChI=1S/C13H16O3.3C2H6.CHF3O3S/c1-16-13(15)10-7-8-11(14)12(10)9-5-3-2-4-6-9;3*1-2;2-1(3,4)8(5,6)7/h2-6,10-12,14H,7-8H2,1H3;3*1-2H3;(H,5,6,7). The second kappa shape index (κ2) is 17.1. The number of carbonyl (C=O) groups is 1. The summed E-state index contributed by atoms with van der Waals surface area (Å²) in [6.07, 6.45) is 0.929. The molecule has 1 aliphatic carbocycles. The van der Waals surface area contributed by atoms with Gasteiger partial charge >= 0.3 is 21.6 Å². The third kappa shape index (κ3) is 11.5. The third-order valence-electron chi connectivity index (χ3n) is 3.60. The van der Waals surface area contributed by atoms with Gasteiger partial charge in [0.15, 0.2) is 0 Å². The van der Waals surface area contributed by atoms with E-state index in [9.17, 15) is 23.1 Å². The van der Waals surface area contributed by atoms with Crippen LogP contribution in [0.3, 0.4) is 0 Å². The van der Waals surface area contributed by atoms with Crippen molar-refractivity contribution < 1.29 is 40.8 Å². The summed E-state index contributed by atoms with van der Waals surface area (Å²) in [6, 6.07) is 9.69. The summed E-state index contributed by atoms with van der Waals surface area (Å²) in [6.45, 7) is 12.0. The minimum atomic E-state index is -5.84. The van der Waals surface area contributed by atoms with Gasteiger partial charge in [0.1, 0.15) is 0 Å². The molecule has 1 aliphatic rings. The molecule has 0 spiro atoms. The van der Waals surface area contributed by atoms with Gasteiger partial charge in [0.2, 0.25) is 0 Å². The first kappa shape index (κ1) is 33.0. The number of alkyl halides is 3. The summed E-state index contributed by atoms with van der Waals surface area (Å²) < 4.78 is 62.3. The lowest BCUT2D eigenvalue weighted by Crippen LogP contribution is -2.24. The van der Waals surface area contributed by atoms with Crippen molar-refractivity contribution in [2.45, 2.75) is 71.9 Å². The van der Waals surface area contributed by atoms with Gasteiger partial charge in [0, 0.05) is 5.92 Å². The van der Waals surface area contributed by atoms with Crippen molar-refractivity contribution in [2.75, 3.05) is 7.11 Å². The number of carbonyl (C=O) groups excluding carboxylic acids is 1. The zero-order chi connectivity index (χ0) is 24.5. The van der Waals surface area contributed by atoms with E-state index < -0.39 is 21.7 Å². The number of halogens is 3. The number of benzene rings is 1. The molecule has 0 heterocycles. The van der Waals surface area contributed by atoms with E-state index in [1.54, 1.807) is 0 Å². The smallest absolute Gasteiger partial charge is 0.469 e. The zero-order valence-corrected chi connectivity index (χ0v) is 19.4. The number of aliphatic hydroxyl groups excluding tert-OH is 1. The maximum absolute atomic E-state index is 11.6. The highest BCUT2D eigenvalue weighted by atomic mass is 32.2. The summed E-state index contributed by atoms with van der Waals surface area (Å²) in [5.41, 5.74) is -4.52. The summed E-state index contributed by atoms with van der Waals surface area (Å²) >= 11 is 0. The van der Waals surface area contributed by atoms with Crippen LogP contribution >= 0.6 is 0 Å². The topological polar surface area (TPSA) is 101 Å². The van der Waals surface area contributed by atoms with Gasteiger partial charge in [0.05, 0.1) is 19.1 Å². The van der Waals surface area contributed by atoms with Crippen molar-refractivity contribution in [3.63, 3.8) is 0 Å². The van der Waals surface area contributed by atoms with E-state index in [2.05, 4.69) is 0 Å². The van der Waals surface area contributed by atoms with Gasteiger partial charge in [-0.25, -0.2) is 0 Å². The monoisotopic (exact) mass is 460 g/mol. The molecule has 3 atom stereocenters. The number of methoxy groups -OCH3 is 1. The Morgan fingerprint density at radius 2 is 1.40 bits per heavy atom. The molecule has 1 aromatic rings. The van der Waals surface area contributed by atoms with Gasteiger partial charge in [0.25, 0.3) is 0 Å². The van der Waals surface area contributed by atoms with Crippen LogP contribution in [-0.4, -0.2) is 42.8 Å². The van der Waals surface area contributed by atoms with Crippen molar-refractivity contribution >= 4 is 16.1 Å². The van der Waals surface area contributed by atoms with Crippen LogP contribution < -0.4 is 0 Å².